The highest BCUT2D eigenvalue weighted by Gasteiger charge is 1.89. The van der Waals surface area contributed by atoms with Crippen LogP contribution >= 0.6 is 0 Å². The Bertz CT molecular complexity index is 327. The fraction of sp³-hybridized carbons (Fsp3) is 0.650. The normalized spacial score (nSPS) is 12.0. The third-order valence-corrected chi connectivity index (χ3v) is 3.62. The molecule has 0 unspecified atom stereocenters. The van der Waals surface area contributed by atoms with Gasteiger partial charge in [-0.25, -0.2) is 4.79 Å². The van der Waals surface area contributed by atoms with Gasteiger partial charge in [-0.3, -0.25) is 0 Å². The first kappa shape index (κ1) is 20.7. The summed E-state index contributed by atoms with van der Waals surface area (Å²) in [5.74, 6) is -0.891. The highest BCUT2D eigenvalue weighted by molar-refractivity contribution is 5.80. The lowest BCUT2D eigenvalue weighted by atomic mass is 10.1. The molecule has 0 aliphatic rings. The van der Waals surface area contributed by atoms with Crippen LogP contribution in [0.25, 0.3) is 0 Å². The molecule has 0 aromatic rings. The van der Waals surface area contributed by atoms with Crippen LogP contribution < -0.4 is 0 Å². The van der Waals surface area contributed by atoms with Gasteiger partial charge in [0.15, 0.2) is 0 Å². The highest BCUT2D eigenvalue weighted by Crippen LogP contribution is 2.08. The van der Waals surface area contributed by atoms with Crippen molar-refractivity contribution in [3.05, 3.63) is 36.5 Å². The summed E-state index contributed by atoms with van der Waals surface area (Å²) in [6.07, 6.45) is 26.7. The molecule has 1 N–H and O–H groups in total. The van der Waals surface area contributed by atoms with Gasteiger partial charge in [-0.15, -0.1) is 0 Å². The van der Waals surface area contributed by atoms with Gasteiger partial charge in [-0.05, 0) is 38.5 Å². The third-order valence-electron chi connectivity index (χ3n) is 3.62. The van der Waals surface area contributed by atoms with Crippen molar-refractivity contribution in [1.82, 2.24) is 0 Å². The Balaban J connectivity index is 3.22. The minimum atomic E-state index is -0.891. The molecule has 0 aromatic heterocycles. The molecule has 0 heterocycles. The molecule has 0 amide bonds. The zero-order valence-electron chi connectivity index (χ0n) is 14.3. The highest BCUT2D eigenvalue weighted by atomic mass is 16.4. The van der Waals surface area contributed by atoms with Crippen molar-refractivity contribution in [2.75, 3.05) is 0 Å². The van der Waals surface area contributed by atoms with Gasteiger partial charge in [-0.2, -0.15) is 0 Å². The number of aliphatic carboxylic acids is 1. The van der Waals surface area contributed by atoms with Crippen LogP contribution in [0.2, 0.25) is 0 Å². The van der Waals surface area contributed by atoms with E-state index in [4.69, 9.17) is 5.11 Å². The molecule has 0 spiro atoms. The molecule has 0 radical (unpaired) electrons. The van der Waals surface area contributed by atoms with Crippen LogP contribution in [0.4, 0.5) is 0 Å². The SMILES string of the molecule is CCCCCCCCC=CCCCCC/C=C\C=CC(=O)O. The molecule has 22 heavy (non-hydrogen) atoms. The Hall–Kier alpha value is -1.31. The van der Waals surface area contributed by atoms with Gasteiger partial charge < -0.3 is 5.11 Å². The predicted molar refractivity (Wildman–Crippen MR) is 96.1 cm³/mol. The fourth-order valence-corrected chi connectivity index (χ4v) is 2.29. The van der Waals surface area contributed by atoms with Crippen LogP contribution in [0, 0.1) is 0 Å². The minimum absolute atomic E-state index is 0.891. The smallest absolute Gasteiger partial charge is 0.328 e. The Labute approximate surface area is 137 Å². The minimum Gasteiger partial charge on any atom is -0.478 e. The van der Waals surface area contributed by atoms with Crippen molar-refractivity contribution in [3.63, 3.8) is 0 Å². The van der Waals surface area contributed by atoms with E-state index in [-0.39, 0.29) is 0 Å². The second kappa shape index (κ2) is 17.7. The summed E-state index contributed by atoms with van der Waals surface area (Å²) in [6, 6.07) is 0. The molecule has 0 aliphatic heterocycles. The Morgan fingerprint density at radius 2 is 1.23 bits per heavy atom. The monoisotopic (exact) mass is 306 g/mol. The molecule has 2 nitrogen and oxygen atoms in total. The molecule has 0 atom stereocenters. The van der Waals surface area contributed by atoms with E-state index in [1.807, 2.05) is 12.2 Å². The third kappa shape index (κ3) is 18.7. The first-order valence-corrected chi connectivity index (χ1v) is 8.98. The van der Waals surface area contributed by atoms with Crippen molar-refractivity contribution in [3.8, 4) is 0 Å². The molecule has 0 fully saturated rings. The summed E-state index contributed by atoms with van der Waals surface area (Å²) >= 11 is 0. The largest absolute Gasteiger partial charge is 0.478 e. The number of allylic oxidation sites excluding steroid dienone is 5. The van der Waals surface area contributed by atoms with E-state index in [0.717, 1.165) is 12.5 Å². The number of hydrogen-bond acceptors (Lipinski definition) is 1. The van der Waals surface area contributed by atoms with E-state index >= 15 is 0 Å². The first-order valence-electron chi connectivity index (χ1n) is 8.98. The van der Waals surface area contributed by atoms with E-state index in [2.05, 4.69) is 19.1 Å². The summed E-state index contributed by atoms with van der Waals surface area (Å²) in [6.45, 7) is 2.26. The van der Waals surface area contributed by atoms with Gasteiger partial charge in [0.25, 0.3) is 0 Å². The van der Waals surface area contributed by atoms with Crippen molar-refractivity contribution in [2.24, 2.45) is 0 Å². The van der Waals surface area contributed by atoms with Crippen molar-refractivity contribution < 1.29 is 9.90 Å². The van der Waals surface area contributed by atoms with Gasteiger partial charge in [0.05, 0.1) is 0 Å². The molecule has 0 bridgehead atoms. The van der Waals surface area contributed by atoms with Crippen LogP contribution in [-0.2, 0) is 4.79 Å². The molecular formula is C20H34O2. The lowest BCUT2D eigenvalue weighted by Gasteiger charge is -1.98. The summed E-state index contributed by atoms with van der Waals surface area (Å²) < 4.78 is 0. The second-order valence-electron chi connectivity index (χ2n) is 5.79. The van der Waals surface area contributed by atoms with Crippen LogP contribution in [0.1, 0.15) is 84.0 Å². The van der Waals surface area contributed by atoms with E-state index < -0.39 is 5.97 Å². The molecule has 0 saturated heterocycles. The molecule has 0 rings (SSSR count). The van der Waals surface area contributed by atoms with Crippen LogP contribution in [0.3, 0.4) is 0 Å². The summed E-state index contributed by atoms with van der Waals surface area (Å²) in [5.41, 5.74) is 0. The second-order valence-corrected chi connectivity index (χ2v) is 5.79. The quantitative estimate of drug-likeness (QED) is 0.163. The molecule has 126 valence electrons. The molecular weight excluding hydrogens is 272 g/mol. The maximum absolute atomic E-state index is 10.2. The van der Waals surface area contributed by atoms with E-state index in [0.29, 0.717) is 0 Å². The van der Waals surface area contributed by atoms with Gasteiger partial charge in [0, 0.05) is 6.08 Å². The fourth-order valence-electron chi connectivity index (χ4n) is 2.29. The standard InChI is InChI=1S/C20H34O2/c1-2-3-4-5-6-7-8-9-10-11-12-13-14-15-16-17-18-19-20(21)22/h9-10,16-19H,2-8,11-15H2,1H3,(H,21,22)/b10-9?,17-16-,19-18?. The Morgan fingerprint density at radius 1 is 0.727 bits per heavy atom. The zero-order valence-corrected chi connectivity index (χ0v) is 14.3. The van der Waals surface area contributed by atoms with Gasteiger partial charge in [0.2, 0.25) is 0 Å². The predicted octanol–water partition coefficient (Wildman–Crippen LogP) is 6.44. The molecule has 0 aliphatic carbocycles. The van der Waals surface area contributed by atoms with Crippen LogP contribution in [0.5, 0.6) is 0 Å². The lowest BCUT2D eigenvalue weighted by molar-refractivity contribution is -0.131. The van der Waals surface area contributed by atoms with Crippen molar-refractivity contribution >= 4 is 5.97 Å². The summed E-state index contributed by atoms with van der Waals surface area (Å²) in [4.78, 5) is 10.2. The Morgan fingerprint density at radius 3 is 1.82 bits per heavy atom. The van der Waals surface area contributed by atoms with Gasteiger partial charge >= 0.3 is 5.97 Å². The topological polar surface area (TPSA) is 37.3 Å². The number of carboxylic acids is 1. The average molecular weight is 306 g/mol. The van der Waals surface area contributed by atoms with Crippen molar-refractivity contribution in [2.45, 2.75) is 84.0 Å². The maximum Gasteiger partial charge on any atom is 0.328 e. The molecule has 0 saturated carbocycles. The van der Waals surface area contributed by atoms with Crippen molar-refractivity contribution in [1.29, 1.82) is 0 Å². The van der Waals surface area contributed by atoms with Crippen LogP contribution in [0.15, 0.2) is 36.5 Å². The summed E-state index contributed by atoms with van der Waals surface area (Å²) in [7, 11) is 0. The van der Waals surface area contributed by atoms with Gasteiger partial charge in [-0.1, -0.05) is 75.8 Å². The van der Waals surface area contributed by atoms with Crippen LogP contribution in [-0.4, -0.2) is 11.1 Å². The zero-order chi connectivity index (χ0) is 16.3. The lowest BCUT2D eigenvalue weighted by Crippen LogP contribution is -1.84. The number of rotatable bonds is 15. The number of hydrogen-bond donors (Lipinski definition) is 1. The summed E-state index contributed by atoms with van der Waals surface area (Å²) in [5, 5.41) is 8.41. The number of unbranched alkanes of at least 4 members (excludes halogenated alkanes) is 10. The maximum atomic E-state index is 10.2. The Kier molecular flexibility index (Phi) is 16.7. The van der Waals surface area contributed by atoms with E-state index in [1.165, 1.54) is 70.6 Å². The first-order chi connectivity index (χ1) is 10.8. The van der Waals surface area contributed by atoms with Gasteiger partial charge in [0.1, 0.15) is 0 Å². The average Bonchev–Trinajstić information content (AvgIpc) is 2.50. The van der Waals surface area contributed by atoms with E-state index in [1.54, 1.807) is 6.08 Å². The molecule has 0 aromatic carbocycles. The molecule has 2 heteroatoms. The number of carboxylic acid groups (broad SMARTS) is 1. The van der Waals surface area contributed by atoms with E-state index in [9.17, 15) is 4.79 Å². The number of carbonyl (C=O) groups is 1.